The monoisotopic (exact) mass is 547 g/mol. The number of anilines is 2. The van der Waals surface area contributed by atoms with Crippen LogP contribution in [0.2, 0.25) is 10.0 Å². The van der Waals surface area contributed by atoms with Crippen molar-refractivity contribution in [1.82, 2.24) is 14.7 Å². The van der Waals surface area contributed by atoms with Crippen LogP contribution in [0.1, 0.15) is 26.5 Å². The number of hydrogen-bond acceptors (Lipinski definition) is 5. The van der Waals surface area contributed by atoms with Gasteiger partial charge in [0.25, 0.3) is 0 Å². The normalized spacial score (nSPS) is 11.2. The standard InChI is InChI=1S/C26H31Cl2N5O4/c1-26(2,3)22-15-23(33(31-22)18-9-10-20(27)21(28)14-18)30-24(34)16-32(11-12-36-4)25(35)29-17-7-6-8-19(13-17)37-5/h6-10,13-15H,11-12,16H2,1-5H3,(H,29,35)(H,30,34). The van der Waals surface area contributed by atoms with Gasteiger partial charge in [-0.05, 0) is 30.3 Å². The van der Waals surface area contributed by atoms with E-state index in [-0.39, 0.29) is 25.1 Å². The van der Waals surface area contributed by atoms with Crippen molar-refractivity contribution in [2.45, 2.75) is 26.2 Å². The van der Waals surface area contributed by atoms with Crippen molar-refractivity contribution in [2.75, 3.05) is 44.5 Å². The van der Waals surface area contributed by atoms with Crippen molar-refractivity contribution >= 4 is 46.6 Å². The second kappa shape index (κ2) is 12.3. The first-order valence-electron chi connectivity index (χ1n) is 11.6. The number of urea groups is 1. The van der Waals surface area contributed by atoms with Gasteiger partial charge in [0.05, 0.1) is 35.1 Å². The molecule has 2 aromatic carbocycles. The van der Waals surface area contributed by atoms with Crippen LogP contribution < -0.4 is 15.4 Å². The number of carbonyl (C=O) groups is 2. The fourth-order valence-corrected chi connectivity index (χ4v) is 3.66. The van der Waals surface area contributed by atoms with Gasteiger partial charge in [-0.15, -0.1) is 0 Å². The summed E-state index contributed by atoms with van der Waals surface area (Å²) < 4.78 is 11.9. The summed E-state index contributed by atoms with van der Waals surface area (Å²) in [5.74, 6) is 0.635. The first kappa shape index (κ1) is 28.3. The van der Waals surface area contributed by atoms with Crippen molar-refractivity contribution in [3.8, 4) is 11.4 Å². The van der Waals surface area contributed by atoms with Crippen LogP contribution in [0.4, 0.5) is 16.3 Å². The van der Waals surface area contributed by atoms with Crippen molar-refractivity contribution in [3.05, 3.63) is 64.3 Å². The minimum Gasteiger partial charge on any atom is -0.497 e. The number of benzene rings is 2. The number of nitrogens with zero attached hydrogens (tertiary/aromatic N) is 3. The number of methoxy groups -OCH3 is 2. The molecule has 0 fully saturated rings. The van der Waals surface area contributed by atoms with Crippen molar-refractivity contribution in [2.24, 2.45) is 0 Å². The maximum Gasteiger partial charge on any atom is 0.322 e. The Hall–Kier alpha value is -3.27. The lowest BCUT2D eigenvalue weighted by Crippen LogP contribution is -2.42. The predicted molar refractivity (Wildman–Crippen MR) is 146 cm³/mol. The Morgan fingerprint density at radius 2 is 1.78 bits per heavy atom. The van der Waals surface area contributed by atoms with E-state index < -0.39 is 11.9 Å². The molecular weight excluding hydrogens is 517 g/mol. The molecule has 9 nitrogen and oxygen atoms in total. The van der Waals surface area contributed by atoms with Gasteiger partial charge in [0.1, 0.15) is 18.1 Å². The van der Waals surface area contributed by atoms with E-state index in [2.05, 4.69) is 15.7 Å². The Kier molecular flexibility index (Phi) is 9.42. The van der Waals surface area contributed by atoms with Gasteiger partial charge in [0, 0.05) is 36.9 Å². The molecule has 0 saturated heterocycles. The summed E-state index contributed by atoms with van der Waals surface area (Å²) in [5.41, 5.74) is 1.66. The number of halogens is 2. The number of aromatic nitrogens is 2. The molecule has 3 rings (SSSR count). The van der Waals surface area contributed by atoms with E-state index in [0.29, 0.717) is 33.0 Å². The van der Waals surface area contributed by atoms with Crippen molar-refractivity contribution < 1.29 is 19.1 Å². The molecule has 11 heteroatoms. The van der Waals surface area contributed by atoms with Crippen LogP contribution >= 0.6 is 23.2 Å². The summed E-state index contributed by atoms with van der Waals surface area (Å²) in [4.78, 5) is 27.5. The molecular formula is C26H31Cl2N5O4. The maximum absolute atomic E-state index is 13.1. The first-order chi connectivity index (χ1) is 17.5. The molecule has 2 N–H and O–H groups in total. The summed E-state index contributed by atoms with van der Waals surface area (Å²) in [6, 6.07) is 13.4. The second-order valence-corrected chi connectivity index (χ2v) is 10.1. The third-order valence-corrected chi connectivity index (χ3v) is 6.14. The molecule has 0 spiro atoms. The summed E-state index contributed by atoms with van der Waals surface area (Å²) in [5, 5.41) is 11.1. The average molecular weight is 548 g/mol. The Bertz CT molecular complexity index is 1260. The molecule has 1 aromatic heterocycles. The van der Waals surface area contributed by atoms with E-state index in [1.54, 1.807) is 60.3 Å². The van der Waals surface area contributed by atoms with Gasteiger partial charge < -0.3 is 25.0 Å². The summed E-state index contributed by atoms with van der Waals surface area (Å²) in [6.45, 7) is 6.32. The predicted octanol–water partition coefficient (Wildman–Crippen LogP) is 5.60. The summed E-state index contributed by atoms with van der Waals surface area (Å²) >= 11 is 12.3. The van der Waals surface area contributed by atoms with Crippen LogP contribution in [0, 0.1) is 0 Å². The van der Waals surface area contributed by atoms with E-state index in [1.807, 2.05) is 20.8 Å². The average Bonchev–Trinajstić information content (AvgIpc) is 3.27. The quantitative estimate of drug-likeness (QED) is 0.363. The number of nitrogens with one attached hydrogen (secondary N) is 2. The summed E-state index contributed by atoms with van der Waals surface area (Å²) in [7, 11) is 3.08. The highest BCUT2D eigenvalue weighted by Gasteiger charge is 2.23. The van der Waals surface area contributed by atoms with Gasteiger partial charge in [0.2, 0.25) is 5.91 Å². The van der Waals surface area contributed by atoms with Gasteiger partial charge >= 0.3 is 6.03 Å². The van der Waals surface area contributed by atoms with E-state index in [4.69, 9.17) is 32.7 Å². The number of carbonyl (C=O) groups excluding carboxylic acids is 2. The van der Waals surface area contributed by atoms with Gasteiger partial charge in [0.15, 0.2) is 0 Å². The molecule has 0 atom stereocenters. The Labute approximate surface area is 226 Å². The molecule has 3 amide bonds. The largest absolute Gasteiger partial charge is 0.497 e. The lowest BCUT2D eigenvalue weighted by molar-refractivity contribution is -0.116. The molecule has 0 unspecified atom stereocenters. The van der Waals surface area contributed by atoms with Crippen LogP contribution in [-0.2, 0) is 14.9 Å². The highest BCUT2D eigenvalue weighted by Crippen LogP contribution is 2.29. The third kappa shape index (κ3) is 7.61. The van der Waals surface area contributed by atoms with Crippen LogP contribution in [0.5, 0.6) is 5.75 Å². The summed E-state index contributed by atoms with van der Waals surface area (Å²) in [6.07, 6.45) is 0. The molecule has 0 aliphatic rings. The highest BCUT2D eigenvalue weighted by molar-refractivity contribution is 6.42. The SMILES string of the molecule is COCCN(CC(=O)Nc1cc(C(C)(C)C)nn1-c1ccc(Cl)c(Cl)c1)C(=O)Nc1cccc(OC)c1. The zero-order valence-electron chi connectivity index (χ0n) is 21.5. The van der Waals surface area contributed by atoms with Gasteiger partial charge in [-0.1, -0.05) is 50.0 Å². The first-order valence-corrected chi connectivity index (χ1v) is 12.3. The van der Waals surface area contributed by atoms with E-state index in [0.717, 1.165) is 5.69 Å². The molecule has 1 heterocycles. The number of ether oxygens (including phenoxy) is 2. The second-order valence-electron chi connectivity index (χ2n) is 9.30. The Morgan fingerprint density at radius 1 is 1.03 bits per heavy atom. The van der Waals surface area contributed by atoms with Crippen LogP contribution in [0.15, 0.2) is 48.5 Å². The number of hydrogen-bond donors (Lipinski definition) is 2. The van der Waals surface area contributed by atoms with Crippen LogP contribution in [0.3, 0.4) is 0 Å². The maximum atomic E-state index is 13.1. The topological polar surface area (TPSA) is 97.7 Å². The smallest absolute Gasteiger partial charge is 0.322 e. The van der Waals surface area contributed by atoms with E-state index in [9.17, 15) is 9.59 Å². The molecule has 0 aliphatic heterocycles. The molecule has 0 radical (unpaired) electrons. The fraction of sp³-hybridized carbons (Fsp3) is 0.346. The Morgan fingerprint density at radius 3 is 2.43 bits per heavy atom. The molecule has 0 aliphatic carbocycles. The molecule has 0 saturated carbocycles. The van der Waals surface area contributed by atoms with Crippen molar-refractivity contribution in [3.63, 3.8) is 0 Å². The minimum atomic E-state index is -0.450. The fourth-order valence-electron chi connectivity index (χ4n) is 3.36. The van der Waals surface area contributed by atoms with Crippen LogP contribution in [-0.4, -0.2) is 60.5 Å². The number of rotatable bonds is 9. The number of amides is 3. The molecule has 3 aromatic rings. The van der Waals surface area contributed by atoms with Crippen molar-refractivity contribution in [1.29, 1.82) is 0 Å². The lowest BCUT2D eigenvalue weighted by Gasteiger charge is -2.22. The van der Waals surface area contributed by atoms with Crippen LogP contribution in [0.25, 0.3) is 5.69 Å². The third-order valence-electron chi connectivity index (χ3n) is 5.40. The lowest BCUT2D eigenvalue weighted by atomic mass is 9.92. The highest BCUT2D eigenvalue weighted by atomic mass is 35.5. The molecule has 0 bridgehead atoms. The molecule has 198 valence electrons. The zero-order valence-corrected chi connectivity index (χ0v) is 23.0. The van der Waals surface area contributed by atoms with E-state index in [1.165, 1.54) is 12.0 Å². The Balaban J connectivity index is 1.82. The van der Waals surface area contributed by atoms with Gasteiger partial charge in [-0.2, -0.15) is 5.10 Å². The van der Waals surface area contributed by atoms with E-state index >= 15 is 0 Å². The molecule has 37 heavy (non-hydrogen) atoms. The zero-order chi connectivity index (χ0) is 27.2. The minimum absolute atomic E-state index is 0.207. The van der Waals surface area contributed by atoms with Gasteiger partial charge in [-0.3, -0.25) is 4.79 Å². The van der Waals surface area contributed by atoms with Gasteiger partial charge in [-0.25, -0.2) is 9.48 Å².